The molecular formula is C31H29F6N3O5S. The van der Waals surface area contributed by atoms with Crippen molar-refractivity contribution in [3.8, 4) is 11.8 Å². The summed E-state index contributed by atoms with van der Waals surface area (Å²) in [5.74, 6) is -1.78. The second kappa shape index (κ2) is 14.4. The van der Waals surface area contributed by atoms with Gasteiger partial charge in [0.1, 0.15) is 17.7 Å². The van der Waals surface area contributed by atoms with Crippen LogP contribution in [0.15, 0.2) is 71.6 Å². The van der Waals surface area contributed by atoms with Crippen molar-refractivity contribution < 1.29 is 49.0 Å². The molecule has 0 spiro atoms. The molecule has 8 nitrogen and oxygen atoms in total. The molecule has 46 heavy (non-hydrogen) atoms. The van der Waals surface area contributed by atoms with Crippen LogP contribution in [0.5, 0.6) is 5.75 Å². The highest BCUT2D eigenvalue weighted by Gasteiger charge is 2.36. The lowest BCUT2D eigenvalue weighted by Crippen LogP contribution is -2.34. The minimum atomic E-state index is -4.53. The molecule has 0 aromatic heterocycles. The van der Waals surface area contributed by atoms with Gasteiger partial charge in [0.15, 0.2) is 9.84 Å². The first-order chi connectivity index (χ1) is 21.7. The number of halogens is 6. The number of benzene rings is 3. The number of hydrogen-bond acceptors (Lipinski definition) is 7. The number of nitrogens with one attached hydrogen (secondary N) is 1. The van der Waals surface area contributed by atoms with Crippen molar-refractivity contribution in [1.29, 1.82) is 5.26 Å². The summed E-state index contributed by atoms with van der Waals surface area (Å²) < 4.78 is 114. The minimum Gasteiger partial charge on any atom is -0.489 e. The molecule has 246 valence electrons. The van der Waals surface area contributed by atoms with Crippen LogP contribution in [0.25, 0.3) is 0 Å². The van der Waals surface area contributed by atoms with E-state index in [1.54, 1.807) is 4.90 Å². The Labute approximate surface area is 261 Å². The van der Waals surface area contributed by atoms with Crippen LogP contribution < -0.4 is 15.0 Å². The van der Waals surface area contributed by atoms with Gasteiger partial charge >= 0.3 is 12.8 Å². The van der Waals surface area contributed by atoms with Gasteiger partial charge in [-0.15, -0.1) is 0 Å². The molecule has 3 aromatic rings. The van der Waals surface area contributed by atoms with Crippen LogP contribution >= 0.6 is 0 Å². The molecule has 1 aliphatic rings. The predicted molar refractivity (Wildman–Crippen MR) is 155 cm³/mol. The molecule has 3 aromatic carbocycles. The van der Waals surface area contributed by atoms with Gasteiger partial charge in [-0.3, -0.25) is 4.79 Å². The van der Waals surface area contributed by atoms with Crippen molar-refractivity contribution in [1.82, 2.24) is 5.32 Å². The van der Waals surface area contributed by atoms with Gasteiger partial charge < -0.3 is 19.7 Å². The van der Waals surface area contributed by atoms with Crippen molar-refractivity contribution >= 4 is 21.4 Å². The topological polar surface area (TPSA) is 109 Å². The summed E-state index contributed by atoms with van der Waals surface area (Å²) in [7, 11) is -3.47. The zero-order chi connectivity index (χ0) is 33.6. The van der Waals surface area contributed by atoms with Crippen molar-refractivity contribution in [2.24, 2.45) is 0 Å². The number of rotatable bonds is 12. The van der Waals surface area contributed by atoms with E-state index in [0.29, 0.717) is 5.56 Å². The molecule has 0 bridgehead atoms. The van der Waals surface area contributed by atoms with Gasteiger partial charge in [0.2, 0.25) is 0 Å². The Morgan fingerprint density at radius 2 is 1.76 bits per heavy atom. The largest absolute Gasteiger partial charge is 0.489 e. The standard InChI is InChI=1S/C31H29F6N3O5S/c1-2-46(42,43)25-10-3-19(4-11-25)28(13-14-38)39-29(41)26-12-7-21(16-27(26)32)40-17-24(15-22(40)18-44-30(33)34)45-23-8-5-20(6-9-23)31(35,36)37/h3-12,16,22,24,28,30H,2,13,15,17-18H2,1H3,(H,39,41)/t22-,24+,28-/m0/s1. The Hall–Kier alpha value is -4.29. The molecule has 1 fully saturated rings. The van der Waals surface area contributed by atoms with Gasteiger partial charge in [-0.2, -0.15) is 27.2 Å². The van der Waals surface area contributed by atoms with Gasteiger partial charge in [0.05, 0.1) is 59.5 Å². The first-order valence-corrected chi connectivity index (χ1v) is 15.7. The van der Waals surface area contributed by atoms with E-state index in [2.05, 4.69) is 10.1 Å². The Bertz CT molecular complexity index is 1660. The zero-order valence-electron chi connectivity index (χ0n) is 24.3. The maximum absolute atomic E-state index is 15.3. The molecule has 1 saturated heterocycles. The van der Waals surface area contributed by atoms with Crippen molar-refractivity contribution in [2.45, 2.75) is 55.6 Å². The summed E-state index contributed by atoms with van der Waals surface area (Å²) in [6.45, 7) is -1.98. The molecule has 3 atom stereocenters. The quantitative estimate of drug-likeness (QED) is 0.226. The van der Waals surface area contributed by atoms with Crippen LogP contribution in [0.1, 0.15) is 47.3 Å². The molecule has 0 radical (unpaired) electrons. The van der Waals surface area contributed by atoms with E-state index >= 15 is 4.39 Å². The van der Waals surface area contributed by atoms with Crippen LogP contribution in [0.3, 0.4) is 0 Å². The third-order valence-corrected chi connectivity index (χ3v) is 9.18. The smallest absolute Gasteiger partial charge is 0.416 e. The molecule has 15 heteroatoms. The van der Waals surface area contributed by atoms with Crippen LogP contribution in [-0.2, 0) is 20.8 Å². The normalized spacial score (nSPS) is 17.5. The number of carbonyl (C=O) groups excluding carboxylic acids is 1. The zero-order valence-corrected chi connectivity index (χ0v) is 25.1. The molecule has 1 aliphatic heterocycles. The fourth-order valence-corrected chi connectivity index (χ4v) is 5.94. The molecule has 0 aliphatic carbocycles. The van der Waals surface area contributed by atoms with Crippen LogP contribution in [-0.4, -0.2) is 52.0 Å². The van der Waals surface area contributed by atoms with Crippen molar-refractivity contribution in [3.05, 3.63) is 89.2 Å². The first-order valence-electron chi connectivity index (χ1n) is 14.0. The molecule has 1 amide bonds. The summed E-state index contributed by atoms with van der Waals surface area (Å²) in [4.78, 5) is 14.7. The lowest BCUT2D eigenvalue weighted by atomic mass is 10.0. The van der Waals surface area contributed by atoms with E-state index in [-0.39, 0.29) is 47.0 Å². The molecule has 0 unspecified atom stereocenters. The maximum Gasteiger partial charge on any atom is 0.416 e. The number of carbonyl (C=O) groups is 1. The summed E-state index contributed by atoms with van der Waals surface area (Å²) >= 11 is 0. The van der Waals surface area contributed by atoms with E-state index in [9.17, 15) is 40.4 Å². The lowest BCUT2D eigenvalue weighted by Gasteiger charge is -2.26. The predicted octanol–water partition coefficient (Wildman–Crippen LogP) is 6.29. The Morgan fingerprint density at radius 3 is 2.33 bits per heavy atom. The van der Waals surface area contributed by atoms with E-state index in [1.165, 1.54) is 43.3 Å². The van der Waals surface area contributed by atoms with Crippen LogP contribution in [0, 0.1) is 17.1 Å². The molecule has 1 N–H and O–H groups in total. The maximum atomic E-state index is 15.3. The average Bonchev–Trinajstić information content (AvgIpc) is 3.42. The van der Waals surface area contributed by atoms with Crippen molar-refractivity contribution in [3.63, 3.8) is 0 Å². The number of amides is 1. The SMILES string of the molecule is CCS(=O)(=O)c1ccc([C@H](CC#N)NC(=O)c2ccc(N3C[C@H](Oc4ccc(C(F)(F)F)cc4)C[C@H]3COC(F)F)cc2F)cc1. The minimum absolute atomic E-state index is 0.0528. The number of alkyl halides is 5. The third-order valence-electron chi connectivity index (χ3n) is 7.43. The Morgan fingerprint density at radius 1 is 1.09 bits per heavy atom. The number of sulfone groups is 1. The third kappa shape index (κ3) is 8.49. The van der Waals surface area contributed by atoms with Crippen LogP contribution in [0.2, 0.25) is 0 Å². The second-order valence-corrected chi connectivity index (χ2v) is 12.7. The van der Waals surface area contributed by atoms with E-state index < -0.39 is 64.7 Å². The van der Waals surface area contributed by atoms with Gasteiger partial charge in [0, 0.05) is 12.1 Å². The molecule has 4 rings (SSSR count). The highest BCUT2D eigenvalue weighted by molar-refractivity contribution is 7.91. The molecule has 0 saturated carbocycles. The lowest BCUT2D eigenvalue weighted by molar-refractivity contribution is -0.137. The molecular weight excluding hydrogens is 640 g/mol. The van der Waals surface area contributed by atoms with Crippen LogP contribution in [0.4, 0.5) is 32.0 Å². The monoisotopic (exact) mass is 669 g/mol. The van der Waals surface area contributed by atoms with Gasteiger partial charge in [0.25, 0.3) is 5.91 Å². The Balaban J connectivity index is 1.50. The summed E-state index contributed by atoms with van der Waals surface area (Å²) in [5.41, 5.74) is -0.583. The number of nitrogens with zero attached hydrogens (tertiary/aromatic N) is 2. The van der Waals surface area contributed by atoms with E-state index in [0.717, 1.165) is 30.3 Å². The highest BCUT2D eigenvalue weighted by atomic mass is 32.2. The summed E-state index contributed by atoms with van der Waals surface area (Å²) in [5, 5.41) is 11.9. The van der Waals surface area contributed by atoms with E-state index in [4.69, 9.17) is 4.74 Å². The van der Waals surface area contributed by atoms with Gasteiger partial charge in [-0.05, 0) is 60.2 Å². The van der Waals surface area contributed by atoms with Crippen molar-refractivity contribution in [2.75, 3.05) is 23.8 Å². The average molecular weight is 670 g/mol. The fourth-order valence-electron chi connectivity index (χ4n) is 5.05. The van der Waals surface area contributed by atoms with Gasteiger partial charge in [-0.1, -0.05) is 19.1 Å². The number of ether oxygens (including phenoxy) is 2. The second-order valence-electron chi connectivity index (χ2n) is 10.4. The number of nitriles is 1. The highest BCUT2D eigenvalue weighted by Crippen LogP contribution is 2.33. The number of anilines is 1. The first kappa shape index (κ1) is 34.6. The molecule has 1 heterocycles. The van der Waals surface area contributed by atoms with Gasteiger partial charge in [-0.25, -0.2) is 12.8 Å². The summed E-state index contributed by atoms with van der Waals surface area (Å²) in [6, 6.07) is 13.6. The Kier molecular flexibility index (Phi) is 10.8. The number of hydrogen-bond donors (Lipinski definition) is 1. The fraction of sp³-hybridized carbons (Fsp3) is 0.355. The van der Waals surface area contributed by atoms with E-state index in [1.807, 2.05) is 6.07 Å². The summed E-state index contributed by atoms with van der Waals surface area (Å²) in [6.07, 6.45) is -5.26.